The molecule has 1 unspecified atom stereocenters. The highest BCUT2D eigenvalue weighted by Gasteiger charge is 2.63. The molecule has 5 rings (SSSR count). The van der Waals surface area contributed by atoms with Gasteiger partial charge in [0, 0.05) is 6.20 Å². The van der Waals surface area contributed by atoms with Gasteiger partial charge in [0.25, 0.3) is 0 Å². The lowest BCUT2D eigenvalue weighted by Gasteiger charge is -2.51. The zero-order valence-electron chi connectivity index (χ0n) is 23.3. The van der Waals surface area contributed by atoms with E-state index in [-0.39, 0.29) is 35.6 Å². The number of nitrogens with zero attached hydrogens (tertiary/aromatic N) is 3. The number of fused-ring (bicyclic) bond motifs is 5. The van der Waals surface area contributed by atoms with Gasteiger partial charge in [-0.3, -0.25) is 4.57 Å². The van der Waals surface area contributed by atoms with E-state index in [1.807, 2.05) is 47.2 Å². The number of aromatic nitrogens is 2. The SMILES string of the molecule is CC(C)[Si]1(C(C)C)OC[C@@H]2O[C@@H]3C(Oc4nc(=Nc5ccccc5)ccn43)[C@H]2O[Si](C(C)C)(C(C)C)O1. The van der Waals surface area contributed by atoms with Gasteiger partial charge in [-0.05, 0) is 40.4 Å². The minimum atomic E-state index is -2.76. The molecule has 202 valence electrons. The average molecular weight is 544 g/mol. The molecule has 0 spiro atoms. The van der Waals surface area contributed by atoms with Crippen molar-refractivity contribution in [3.8, 4) is 6.01 Å². The molecule has 0 amide bonds. The first-order valence-electron chi connectivity index (χ1n) is 13.6. The van der Waals surface area contributed by atoms with Crippen LogP contribution in [0.25, 0.3) is 0 Å². The monoisotopic (exact) mass is 543 g/mol. The highest BCUT2D eigenvalue weighted by molar-refractivity contribution is 6.84. The number of para-hydroxylation sites is 1. The molecule has 2 fully saturated rings. The molecule has 1 aromatic heterocycles. The van der Waals surface area contributed by atoms with Crippen LogP contribution in [0.5, 0.6) is 6.01 Å². The molecule has 10 heteroatoms. The fourth-order valence-corrected chi connectivity index (χ4v) is 17.2. The largest absolute Gasteiger partial charge is 0.454 e. The van der Waals surface area contributed by atoms with Crippen LogP contribution in [0.3, 0.4) is 0 Å². The molecule has 2 aromatic rings. The summed E-state index contributed by atoms with van der Waals surface area (Å²) >= 11 is 0. The van der Waals surface area contributed by atoms with Gasteiger partial charge in [0.05, 0.1) is 12.3 Å². The number of ether oxygens (including phenoxy) is 2. The van der Waals surface area contributed by atoms with E-state index in [0.29, 0.717) is 29.2 Å². The van der Waals surface area contributed by atoms with Gasteiger partial charge in [-0.25, -0.2) is 4.99 Å². The van der Waals surface area contributed by atoms with E-state index in [0.717, 1.165) is 5.69 Å². The zero-order chi connectivity index (χ0) is 26.5. The second kappa shape index (κ2) is 10.0. The van der Waals surface area contributed by atoms with Crippen LogP contribution in [-0.2, 0) is 17.7 Å². The van der Waals surface area contributed by atoms with Crippen molar-refractivity contribution in [1.82, 2.24) is 9.55 Å². The fraction of sp³-hybridized carbons (Fsp3) is 0.630. The fourth-order valence-electron chi connectivity index (χ4n) is 5.98. The summed E-state index contributed by atoms with van der Waals surface area (Å²) in [5.74, 6) is 0. The topological polar surface area (TPSA) is 76.3 Å². The number of benzene rings is 1. The van der Waals surface area contributed by atoms with Crippen molar-refractivity contribution in [3.05, 3.63) is 48.1 Å². The van der Waals surface area contributed by atoms with E-state index in [2.05, 4.69) is 65.4 Å². The molecule has 0 N–H and O–H groups in total. The summed E-state index contributed by atoms with van der Waals surface area (Å²) in [6.07, 6.45) is 0.756. The lowest BCUT2D eigenvalue weighted by molar-refractivity contribution is -0.0555. The van der Waals surface area contributed by atoms with E-state index in [1.165, 1.54) is 0 Å². The Hall–Kier alpha value is -1.83. The minimum absolute atomic E-state index is 0.234. The van der Waals surface area contributed by atoms with Crippen molar-refractivity contribution < 1.29 is 22.4 Å². The Balaban J connectivity index is 1.50. The predicted octanol–water partition coefficient (Wildman–Crippen LogP) is 5.73. The molecule has 0 radical (unpaired) electrons. The highest BCUT2D eigenvalue weighted by Crippen LogP contribution is 2.50. The van der Waals surface area contributed by atoms with Gasteiger partial charge in [0.15, 0.2) is 17.8 Å². The standard InChI is InChI=1S/C27H41N3O5Si2/c1-17(2)36(18(3)4)31-16-22-24(34-37(35-36,19(5)6)20(7)8)25-26(32-22)30-15-14-23(29-27(30)33-25)28-21-12-10-9-11-13-21/h9-15,17-20,22,24-26H,16H2,1-8H3/t22-,24-,25?,26+/m0/s1. The molecular formula is C27H41N3O5Si2. The molecule has 8 nitrogen and oxygen atoms in total. The third-order valence-corrected chi connectivity index (χ3v) is 18.2. The normalized spacial score (nSPS) is 28.7. The molecule has 3 aliphatic heterocycles. The van der Waals surface area contributed by atoms with Gasteiger partial charge in [0.1, 0.15) is 12.2 Å². The molecule has 1 aromatic carbocycles. The van der Waals surface area contributed by atoms with Crippen LogP contribution in [-0.4, -0.2) is 51.6 Å². The Labute approximate surface area is 222 Å². The number of hydrogen-bond acceptors (Lipinski definition) is 7. The summed E-state index contributed by atoms with van der Waals surface area (Å²) in [5.41, 5.74) is 2.51. The molecule has 37 heavy (non-hydrogen) atoms. The Morgan fingerprint density at radius 2 is 1.51 bits per heavy atom. The second-order valence-corrected chi connectivity index (χ2v) is 20.5. The van der Waals surface area contributed by atoms with Crippen LogP contribution < -0.4 is 10.2 Å². The van der Waals surface area contributed by atoms with E-state index in [1.54, 1.807) is 0 Å². The third-order valence-electron chi connectivity index (χ3n) is 7.95. The van der Waals surface area contributed by atoms with E-state index < -0.39 is 17.1 Å². The van der Waals surface area contributed by atoms with Gasteiger partial charge >= 0.3 is 23.1 Å². The lowest BCUT2D eigenvalue weighted by Crippen LogP contribution is -2.66. The van der Waals surface area contributed by atoms with Gasteiger partial charge in [-0.1, -0.05) is 73.6 Å². The smallest absolute Gasteiger partial charge is 0.335 e. The van der Waals surface area contributed by atoms with Crippen molar-refractivity contribution >= 4 is 22.8 Å². The van der Waals surface area contributed by atoms with Crippen LogP contribution >= 0.6 is 0 Å². The number of hydrogen-bond donors (Lipinski definition) is 0. The first-order chi connectivity index (χ1) is 17.6. The van der Waals surface area contributed by atoms with E-state index in [9.17, 15) is 0 Å². The Bertz CT molecular complexity index is 1150. The molecule has 0 bridgehead atoms. The van der Waals surface area contributed by atoms with Crippen LogP contribution in [0.4, 0.5) is 5.69 Å². The van der Waals surface area contributed by atoms with Crippen molar-refractivity contribution in [2.75, 3.05) is 6.61 Å². The molecule has 0 saturated carbocycles. The van der Waals surface area contributed by atoms with Gasteiger partial charge in [-0.2, -0.15) is 4.98 Å². The Kier molecular flexibility index (Phi) is 7.27. The quantitative estimate of drug-likeness (QED) is 0.448. The van der Waals surface area contributed by atoms with Gasteiger partial charge in [-0.15, -0.1) is 0 Å². The second-order valence-electron chi connectivity index (χ2n) is 11.6. The summed E-state index contributed by atoms with van der Waals surface area (Å²) < 4.78 is 36.4. The first kappa shape index (κ1) is 26.8. The molecule has 3 aliphatic rings. The third kappa shape index (κ3) is 4.55. The maximum Gasteiger partial charge on any atom is 0.335 e. The van der Waals surface area contributed by atoms with Crippen LogP contribution in [0.1, 0.15) is 61.6 Å². The minimum Gasteiger partial charge on any atom is -0.454 e. The van der Waals surface area contributed by atoms with Crippen molar-refractivity contribution in [2.24, 2.45) is 4.99 Å². The molecule has 0 aliphatic carbocycles. The first-order valence-corrected chi connectivity index (χ1v) is 17.5. The van der Waals surface area contributed by atoms with Crippen LogP contribution in [0.2, 0.25) is 22.2 Å². The van der Waals surface area contributed by atoms with E-state index >= 15 is 0 Å². The van der Waals surface area contributed by atoms with Gasteiger partial charge in [0.2, 0.25) is 0 Å². The highest BCUT2D eigenvalue weighted by atomic mass is 28.5. The number of rotatable bonds is 5. The maximum absolute atomic E-state index is 7.32. The molecular weight excluding hydrogens is 502 g/mol. The van der Waals surface area contributed by atoms with Crippen molar-refractivity contribution in [3.63, 3.8) is 0 Å². The maximum atomic E-state index is 7.32. The zero-order valence-corrected chi connectivity index (χ0v) is 25.3. The Morgan fingerprint density at radius 1 is 0.865 bits per heavy atom. The van der Waals surface area contributed by atoms with E-state index in [4.69, 9.17) is 22.4 Å². The van der Waals surface area contributed by atoms with Crippen molar-refractivity contribution in [1.29, 1.82) is 0 Å². The summed E-state index contributed by atoms with van der Waals surface area (Å²) in [7, 11) is -5.37. The summed E-state index contributed by atoms with van der Waals surface area (Å²) in [4.78, 5) is 9.32. The molecule has 2 saturated heterocycles. The average Bonchev–Trinajstić information content (AvgIpc) is 3.34. The summed E-state index contributed by atoms with van der Waals surface area (Å²) in [5, 5.41) is 0. The molecule has 4 heterocycles. The Morgan fingerprint density at radius 3 is 2.14 bits per heavy atom. The molecule has 4 atom stereocenters. The lowest BCUT2D eigenvalue weighted by atomic mass is 10.1. The van der Waals surface area contributed by atoms with Crippen molar-refractivity contribution in [2.45, 2.75) is 102 Å². The summed E-state index contributed by atoms with van der Waals surface area (Å²) in [6, 6.07) is 12.2. The predicted molar refractivity (Wildman–Crippen MR) is 146 cm³/mol. The van der Waals surface area contributed by atoms with Crippen LogP contribution in [0, 0.1) is 0 Å². The van der Waals surface area contributed by atoms with Gasteiger partial charge < -0.3 is 22.4 Å². The summed E-state index contributed by atoms with van der Waals surface area (Å²) in [6.45, 7) is 18.3. The van der Waals surface area contributed by atoms with Crippen LogP contribution in [0.15, 0.2) is 47.6 Å².